The summed E-state index contributed by atoms with van der Waals surface area (Å²) in [5.41, 5.74) is 0.650. The number of pyridine rings is 1. The van der Waals surface area contributed by atoms with Gasteiger partial charge in [0.05, 0.1) is 22.9 Å². The number of aromatic nitrogens is 1. The van der Waals surface area contributed by atoms with Crippen molar-refractivity contribution in [1.82, 2.24) is 4.98 Å². The van der Waals surface area contributed by atoms with Gasteiger partial charge in [0.2, 0.25) is 0 Å². The maximum Gasteiger partial charge on any atom is 0.126 e. The zero-order chi connectivity index (χ0) is 13.6. The Balaban J connectivity index is 2.69. The van der Waals surface area contributed by atoms with Crippen molar-refractivity contribution in [2.45, 2.75) is 52.7 Å². The van der Waals surface area contributed by atoms with Gasteiger partial charge < -0.3 is 10.1 Å². The number of halogens is 1. The van der Waals surface area contributed by atoms with Crippen LogP contribution in [0.1, 0.15) is 46.2 Å². The molecule has 102 valence electrons. The third-order valence-corrected chi connectivity index (χ3v) is 3.27. The fraction of sp³-hybridized carbons (Fsp3) is 0.643. The van der Waals surface area contributed by atoms with Crippen LogP contribution in [0.3, 0.4) is 0 Å². The average molecular weight is 271 g/mol. The molecule has 0 bridgehead atoms. The largest absolute Gasteiger partial charge is 0.370 e. The van der Waals surface area contributed by atoms with E-state index >= 15 is 0 Å². The van der Waals surface area contributed by atoms with Crippen LogP contribution in [0.25, 0.3) is 0 Å². The zero-order valence-corrected chi connectivity index (χ0v) is 12.5. The Morgan fingerprint density at radius 3 is 2.67 bits per heavy atom. The molecule has 1 N–H and O–H groups in total. The summed E-state index contributed by atoms with van der Waals surface area (Å²) < 4.78 is 5.83. The molecule has 0 amide bonds. The quantitative estimate of drug-likeness (QED) is 0.804. The van der Waals surface area contributed by atoms with Gasteiger partial charge in [-0.1, -0.05) is 25.4 Å². The summed E-state index contributed by atoms with van der Waals surface area (Å²) in [5.74, 6) is 0.856. The summed E-state index contributed by atoms with van der Waals surface area (Å²) in [6.07, 6.45) is 2.03. The third-order valence-electron chi connectivity index (χ3n) is 2.93. The fourth-order valence-electron chi connectivity index (χ4n) is 1.30. The van der Waals surface area contributed by atoms with Gasteiger partial charge in [-0.05, 0) is 38.8 Å². The number of anilines is 1. The second-order valence-electron chi connectivity index (χ2n) is 4.95. The van der Waals surface area contributed by atoms with Gasteiger partial charge >= 0.3 is 0 Å². The van der Waals surface area contributed by atoms with Gasteiger partial charge in [-0.2, -0.15) is 0 Å². The van der Waals surface area contributed by atoms with Crippen molar-refractivity contribution in [3.05, 3.63) is 22.8 Å². The summed E-state index contributed by atoms with van der Waals surface area (Å²) >= 11 is 6.13. The van der Waals surface area contributed by atoms with Crippen LogP contribution in [0, 0.1) is 0 Å². The topological polar surface area (TPSA) is 34.1 Å². The lowest BCUT2D eigenvalue weighted by molar-refractivity contribution is -0.0329. The molecular weight excluding hydrogens is 248 g/mol. The predicted octanol–water partition coefficient (Wildman–Crippen LogP) is 4.26. The molecule has 0 unspecified atom stereocenters. The molecule has 0 atom stereocenters. The Morgan fingerprint density at radius 2 is 2.06 bits per heavy atom. The molecule has 0 radical (unpaired) electrons. The lowest BCUT2D eigenvalue weighted by atomic mass is 10.1. The van der Waals surface area contributed by atoms with Crippen LogP contribution in [0.4, 0.5) is 5.82 Å². The van der Waals surface area contributed by atoms with E-state index in [2.05, 4.69) is 38.0 Å². The van der Waals surface area contributed by atoms with Gasteiger partial charge in [-0.15, -0.1) is 0 Å². The molecule has 0 saturated heterocycles. The number of nitrogens with one attached hydrogen (secondary N) is 1. The number of hydrogen-bond acceptors (Lipinski definition) is 3. The lowest BCUT2D eigenvalue weighted by Crippen LogP contribution is -2.23. The van der Waals surface area contributed by atoms with Crippen LogP contribution in [0.15, 0.2) is 12.1 Å². The number of nitrogens with zero attached hydrogens (tertiary/aromatic N) is 1. The van der Waals surface area contributed by atoms with E-state index in [-0.39, 0.29) is 5.60 Å². The number of rotatable bonds is 7. The van der Waals surface area contributed by atoms with Gasteiger partial charge in [0, 0.05) is 6.54 Å². The van der Waals surface area contributed by atoms with Crippen LogP contribution >= 0.6 is 11.6 Å². The highest BCUT2D eigenvalue weighted by Gasteiger charge is 2.16. The van der Waals surface area contributed by atoms with E-state index < -0.39 is 0 Å². The minimum atomic E-state index is -0.141. The lowest BCUT2D eigenvalue weighted by Gasteiger charge is -2.23. The van der Waals surface area contributed by atoms with Gasteiger partial charge in [0.15, 0.2) is 0 Å². The highest BCUT2D eigenvalue weighted by Crippen LogP contribution is 2.21. The maximum atomic E-state index is 6.13. The second-order valence-corrected chi connectivity index (χ2v) is 5.36. The van der Waals surface area contributed by atoms with Gasteiger partial charge in [0.25, 0.3) is 0 Å². The van der Waals surface area contributed by atoms with Gasteiger partial charge in [-0.25, -0.2) is 4.98 Å². The van der Waals surface area contributed by atoms with Crippen LogP contribution in [-0.4, -0.2) is 17.1 Å². The van der Waals surface area contributed by atoms with Crippen molar-refractivity contribution in [2.75, 3.05) is 11.9 Å². The Bertz CT molecular complexity index is 380. The second kappa shape index (κ2) is 6.95. The summed E-state index contributed by atoms with van der Waals surface area (Å²) in [7, 11) is 0. The van der Waals surface area contributed by atoms with Crippen LogP contribution < -0.4 is 5.32 Å². The minimum Gasteiger partial charge on any atom is -0.370 e. The normalized spacial score (nSPS) is 11.6. The highest BCUT2D eigenvalue weighted by atomic mass is 35.5. The summed E-state index contributed by atoms with van der Waals surface area (Å²) in [6, 6.07) is 3.76. The Labute approximate surface area is 115 Å². The maximum absolute atomic E-state index is 6.13. The molecule has 1 aromatic rings. The standard InChI is InChI=1S/C14H23ClN2O/c1-5-9-16-13-8-7-11(15)12(17-13)10-18-14(3,4)6-2/h7-8H,5-6,9-10H2,1-4H3,(H,16,17). The van der Waals surface area contributed by atoms with Crippen LogP contribution in [-0.2, 0) is 11.3 Å². The Morgan fingerprint density at radius 1 is 1.33 bits per heavy atom. The first kappa shape index (κ1) is 15.3. The molecule has 0 aliphatic heterocycles. The van der Waals surface area contributed by atoms with Crippen molar-refractivity contribution in [1.29, 1.82) is 0 Å². The first-order chi connectivity index (χ1) is 8.48. The molecule has 0 aliphatic rings. The summed E-state index contributed by atoms with van der Waals surface area (Å²) in [5, 5.41) is 3.90. The molecule has 0 spiro atoms. The molecule has 1 rings (SSSR count). The van der Waals surface area contributed by atoms with Crippen molar-refractivity contribution in [2.24, 2.45) is 0 Å². The van der Waals surface area contributed by atoms with Crippen molar-refractivity contribution in [3.8, 4) is 0 Å². The first-order valence-corrected chi connectivity index (χ1v) is 6.89. The number of ether oxygens (including phenoxy) is 1. The molecule has 3 nitrogen and oxygen atoms in total. The van der Waals surface area contributed by atoms with E-state index in [0.29, 0.717) is 11.6 Å². The van der Waals surface area contributed by atoms with E-state index in [1.807, 2.05) is 12.1 Å². The molecule has 0 aliphatic carbocycles. The zero-order valence-electron chi connectivity index (χ0n) is 11.7. The average Bonchev–Trinajstić information content (AvgIpc) is 2.36. The fourth-order valence-corrected chi connectivity index (χ4v) is 1.46. The van der Waals surface area contributed by atoms with E-state index in [0.717, 1.165) is 30.9 Å². The summed E-state index contributed by atoms with van der Waals surface area (Å²) in [4.78, 5) is 4.48. The van der Waals surface area contributed by atoms with E-state index in [9.17, 15) is 0 Å². The predicted molar refractivity (Wildman–Crippen MR) is 77.2 cm³/mol. The molecular formula is C14H23ClN2O. The van der Waals surface area contributed by atoms with E-state index in [1.165, 1.54) is 0 Å². The first-order valence-electron chi connectivity index (χ1n) is 6.51. The smallest absolute Gasteiger partial charge is 0.126 e. The third kappa shape index (κ3) is 4.83. The summed E-state index contributed by atoms with van der Waals surface area (Å²) in [6.45, 7) is 9.72. The minimum absolute atomic E-state index is 0.141. The number of hydrogen-bond donors (Lipinski definition) is 1. The molecule has 18 heavy (non-hydrogen) atoms. The molecule has 0 aromatic carbocycles. The molecule has 1 heterocycles. The monoisotopic (exact) mass is 270 g/mol. The van der Waals surface area contributed by atoms with Crippen molar-refractivity contribution < 1.29 is 4.74 Å². The van der Waals surface area contributed by atoms with Gasteiger partial charge in [-0.3, -0.25) is 0 Å². The Hall–Kier alpha value is -0.800. The van der Waals surface area contributed by atoms with Gasteiger partial charge in [0.1, 0.15) is 5.82 Å². The van der Waals surface area contributed by atoms with Crippen LogP contribution in [0.5, 0.6) is 0 Å². The Kier molecular flexibility index (Phi) is 5.89. The van der Waals surface area contributed by atoms with E-state index in [1.54, 1.807) is 0 Å². The molecule has 0 fully saturated rings. The SMILES string of the molecule is CCCNc1ccc(Cl)c(COC(C)(C)CC)n1. The molecule has 1 aromatic heterocycles. The molecule has 4 heteroatoms. The van der Waals surface area contributed by atoms with Crippen molar-refractivity contribution >= 4 is 17.4 Å². The van der Waals surface area contributed by atoms with Crippen LogP contribution in [0.2, 0.25) is 5.02 Å². The van der Waals surface area contributed by atoms with Crippen molar-refractivity contribution in [3.63, 3.8) is 0 Å². The highest BCUT2D eigenvalue weighted by molar-refractivity contribution is 6.31. The van der Waals surface area contributed by atoms with E-state index in [4.69, 9.17) is 16.3 Å². The molecule has 0 saturated carbocycles.